The normalized spacial score (nSPS) is 31.9. The fourth-order valence-electron chi connectivity index (χ4n) is 2.86. The summed E-state index contributed by atoms with van der Waals surface area (Å²) in [7, 11) is 0. The number of alkyl halides is 1. The van der Waals surface area contributed by atoms with Crippen molar-refractivity contribution in [3.63, 3.8) is 0 Å². The average Bonchev–Trinajstić information content (AvgIpc) is 2.58. The van der Waals surface area contributed by atoms with E-state index in [0.717, 1.165) is 10.7 Å². The molecular weight excluding hydrogens is 238 g/mol. The van der Waals surface area contributed by atoms with Crippen LogP contribution in [0.5, 0.6) is 0 Å². The molecule has 2 heteroatoms. The maximum Gasteiger partial charge on any atom is 0.0158 e. The number of rotatable bonds is 2. The zero-order valence-electron chi connectivity index (χ0n) is 9.05. The van der Waals surface area contributed by atoms with Crippen molar-refractivity contribution in [1.29, 1.82) is 0 Å². The minimum Gasteiger partial charge on any atom is -0.303 e. The van der Waals surface area contributed by atoms with E-state index in [9.17, 15) is 0 Å². The lowest BCUT2D eigenvalue weighted by Gasteiger charge is -2.23. The Morgan fingerprint density at radius 2 is 1.71 bits per heavy atom. The van der Waals surface area contributed by atoms with Gasteiger partial charge >= 0.3 is 0 Å². The van der Waals surface area contributed by atoms with Gasteiger partial charge in [-0.05, 0) is 51.1 Å². The van der Waals surface area contributed by atoms with Crippen LogP contribution in [0.25, 0.3) is 0 Å². The van der Waals surface area contributed by atoms with Crippen LogP contribution in [0.4, 0.5) is 0 Å². The summed E-state index contributed by atoms with van der Waals surface area (Å²) < 4.78 is 0. The van der Waals surface area contributed by atoms with Crippen LogP contribution >= 0.6 is 15.9 Å². The molecule has 0 radical (unpaired) electrons. The Balaban J connectivity index is 1.73. The maximum absolute atomic E-state index is 3.75. The molecule has 1 atom stereocenters. The highest BCUT2D eigenvalue weighted by molar-refractivity contribution is 9.09. The van der Waals surface area contributed by atoms with E-state index in [1.165, 1.54) is 64.6 Å². The Morgan fingerprint density at radius 1 is 0.929 bits per heavy atom. The van der Waals surface area contributed by atoms with Crippen LogP contribution in [-0.4, -0.2) is 29.4 Å². The predicted molar refractivity (Wildman–Crippen MR) is 65.0 cm³/mol. The number of hydrogen-bond donors (Lipinski definition) is 0. The second-order valence-electron chi connectivity index (χ2n) is 4.98. The van der Waals surface area contributed by atoms with Crippen LogP contribution < -0.4 is 0 Å². The minimum atomic E-state index is 0.788. The number of hydrogen-bond acceptors (Lipinski definition) is 1. The fourth-order valence-corrected chi connectivity index (χ4v) is 3.38. The van der Waals surface area contributed by atoms with Crippen LogP contribution in [0.1, 0.15) is 44.9 Å². The van der Waals surface area contributed by atoms with Gasteiger partial charge in [0.05, 0.1) is 0 Å². The lowest BCUT2D eigenvalue weighted by Crippen LogP contribution is -2.29. The summed E-state index contributed by atoms with van der Waals surface area (Å²) in [5.74, 6) is 1.03. The van der Waals surface area contributed by atoms with Crippen molar-refractivity contribution in [2.24, 2.45) is 5.92 Å². The first kappa shape index (κ1) is 10.9. The van der Waals surface area contributed by atoms with Gasteiger partial charge in [0.25, 0.3) is 0 Å². The Labute approximate surface area is 96.4 Å². The van der Waals surface area contributed by atoms with Gasteiger partial charge in [0.2, 0.25) is 0 Å². The zero-order valence-corrected chi connectivity index (χ0v) is 10.6. The van der Waals surface area contributed by atoms with Crippen LogP contribution in [0, 0.1) is 5.92 Å². The molecule has 0 bridgehead atoms. The van der Waals surface area contributed by atoms with E-state index in [2.05, 4.69) is 20.8 Å². The first-order valence-electron chi connectivity index (χ1n) is 6.21. The molecule has 1 saturated heterocycles. The third-order valence-electron chi connectivity index (χ3n) is 3.74. The topological polar surface area (TPSA) is 3.24 Å². The summed E-state index contributed by atoms with van der Waals surface area (Å²) >= 11 is 3.75. The second kappa shape index (κ2) is 5.50. The standard InChI is InChI=1S/C12H22BrN/c13-12-6-3-8-14(9-7-12)10-11-4-1-2-5-11/h11-12H,1-10H2. The van der Waals surface area contributed by atoms with Crippen molar-refractivity contribution in [2.75, 3.05) is 19.6 Å². The lowest BCUT2D eigenvalue weighted by molar-refractivity contribution is 0.240. The first-order chi connectivity index (χ1) is 6.84. The maximum atomic E-state index is 3.75. The molecule has 2 fully saturated rings. The van der Waals surface area contributed by atoms with Gasteiger partial charge in [0.1, 0.15) is 0 Å². The Bertz CT molecular complexity index is 166. The highest BCUT2D eigenvalue weighted by Gasteiger charge is 2.20. The van der Waals surface area contributed by atoms with Gasteiger partial charge in [-0.15, -0.1) is 0 Å². The average molecular weight is 260 g/mol. The summed E-state index contributed by atoms with van der Waals surface area (Å²) in [5.41, 5.74) is 0. The highest BCUT2D eigenvalue weighted by Crippen LogP contribution is 2.27. The summed E-state index contributed by atoms with van der Waals surface area (Å²) in [6, 6.07) is 0. The van der Waals surface area contributed by atoms with E-state index >= 15 is 0 Å². The molecular formula is C12H22BrN. The van der Waals surface area contributed by atoms with Gasteiger partial charge in [-0.1, -0.05) is 28.8 Å². The molecule has 0 amide bonds. The van der Waals surface area contributed by atoms with Crippen LogP contribution in [0.2, 0.25) is 0 Å². The van der Waals surface area contributed by atoms with Crippen molar-refractivity contribution in [2.45, 2.75) is 49.8 Å². The Hall–Kier alpha value is 0.440. The number of nitrogens with zero attached hydrogens (tertiary/aromatic N) is 1. The molecule has 14 heavy (non-hydrogen) atoms. The third-order valence-corrected chi connectivity index (χ3v) is 4.66. The van der Waals surface area contributed by atoms with Gasteiger partial charge in [-0.2, -0.15) is 0 Å². The molecule has 0 aromatic heterocycles. The number of likely N-dealkylation sites (tertiary alicyclic amines) is 1. The van der Waals surface area contributed by atoms with Crippen molar-refractivity contribution in [1.82, 2.24) is 4.90 Å². The summed E-state index contributed by atoms with van der Waals surface area (Å²) in [4.78, 5) is 3.49. The largest absolute Gasteiger partial charge is 0.303 e. The lowest BCUT2D eigenvalue weighted by atomic mass is 10.1. The highest BCUT2D eigenvalue weighted by atomic mass is 79.9. The van der Waals surface area contributed by atoms with Gasteiger partial charge in [0.15, 0.2) is 0 Å². The molecule has 2 aliphatic rings. The minimum absolute atomic E-state index is 0.788. The van der Waals surface area contributed by atoms with E-state index in [1.54, 1.807) is 0 Å². The van der Waals surface area contributed by atoms with Crippen molar-refractivity contribution in [3.8, 4) is 0 Å². The molecule has 0 aromatic carbocycles. The van der Waals surface area contributed by atoms with Gasteiger partial charge in [0, 0.05) is 11.4 Å². The van der Waals surface area contributed by atoms with Gasteiger partial charge in [-0.25, -0.2) is 0 Å². The molecule has 82 valence electrons. The fraction of sp³-hybridized carbons (Fsp3) is 1.00. The van der Waals surface area contributed by atoms with Crippen molar-refractivity contribution >= 4 is 15.9 Å². The second-order valence-corrected chi connectivity index (χ2v) is 6.27. The quantitative estimate of drug-likeness (QED) is 0.687. The van der Waals surface area contributed by atoms with Crippen molar-refractivity contribution < 1.29 is 0 Å². The summed E-state index contributed by atoms with van der Waals surface area (Å²) in [6.07, 6.45) is 10.1. The van der Waals surface area contributed by atoms with Crippen LogP contribution in [0.15, 0.2) is 0 Å². The van der Waals surface area contributed by atoms with E-state index in [0.29, 0.717) is 0 Å². The molecule has 1 nitrogen and oxygen atoms in total. The molecule has 1 unspecified atom stereocenters. The molecule has 2 rings (SSSR count). The molecule has 1 saturated carbocycles. The smallest absolute Gasteiger partial charge is 0.0158 e. The zero-order chi connectivity index (χ0) is 9.80. The summed E-state index contributed by atoms with van der Waals surface area (Å²) in [5, 5.41) is 0. The SMILES string of the molecule is BrC1CCCN(CC2CCCC2)CC1. The monoisotopic (exact) mass is 259 g/mol. The van der Waals surface area contributed by atoms with Crippen LogP contribution in [0.3, 0.4) is 0 Å². The Kier molecular flexibility index (Phi) is 4.30. The predicted octanol–water partition coefficient (Wildman–Crippen LogP) is 3.43. The molecule has 1 aliphatic heterocycles. The van der Waals surface area contributed by atoms with E-state index < -0.39 is 0 Å². The Morgan fingerprint density at radius 3 is 2.50 bits per heavy atom. The van der Waals surface area contributed by atoms with E-state index in [1.807, 2.05) is 0 Å². The van der Waals surface area contributed by atoms with E-state index in [4.69, 9.17) is 0 Å². The van der Waals surface area contributed by atoms with Gasteiger partial charge < -0.3 is 4.90 Å². The number of halogens is 1. The molecule has 1 heterocycles. The first-order valence-corrected chi connectivity index (χ1v) is 7.12. The molecule has 0 aromatic rings. The summed E-state index contributed by atoms with van der Waals surface area (Å²) in [6.45, 7) is 4.06. The van der Waals surface area contributed by atoms with Crippen LogP contribution in [-0.2, 0) is 0 Å². The molecule has 1 aliphatic carbocycles. The molecule has 0 spiro atoms. The van der Waals surface area contributed by atoms with Gasteiger partial charge in [-0.3, -0.25) is 0 Å². The van der Waals surface area contributed by atoms with E-state index in [-0.39, 0.29) is 0 Å². The third kappa shape index (κ3) is 3.23. The molecule has 0 N–H and O–H groups in total. The van der Waals surface area contributed by atoms with Crippen molar-refractivity contribution in [3.05, 3.63) is 0 Å².